The van der Waals surface area contributed by atoms with Crippen molar-refractivity contribution in [2.45, 2.75) is 64.0 Å². The summed E-state index contributed by atoms with van der Waals surface area (Å²) >= 11 is 0. The summed E-state index contributed by atoms with van der Waals surface area (Å²) in [6, 6.07) is 0. The predicted octanol–water partition coefficient (Wildman–Crippen LogP) is 2.39. The molecule has 0 saturated carbocycles. The summed E-state index contributed by atoms with van der Waals surface area (Å²) in [7, 11) is 0. The molecule has 2 aliphatic rings. The van der Waals surface area contributed by atoms with E-state index in [9.17, 15) is 0 Å². The van der Waals surface area contributed by atoms with Crippen LogP contribution in [0, 0.1) is 5.92 Å². The zero-order chi connectivity index (χ0) is 13.2. The lowest BCUT2D eigenvalue weighted by Gasteiger charge is -2.53. The largest absolute Gasteiger partial charge is 0.375 e. The number of hydrogen-bond donors (Lipinski definition) is 1. The van der Waals surface area contributed by atoms with Gasteiger partial charge in [-0.3, -0.25) is 4.90 Å². The second-order valence-electron chi connectivity index (χ2n) is 6.68. The molecule has 3 nitrogen and oxygen atoms in total. The van der Waals surface area contributed by atoms with Crippen LogP contribution in [0.3, 0.4) is 0 Å². The minimum absolute atomic E-state index is 0.0285. The van der Waals surface area contributed by atoms with Crippen LogP contribution >= 0.6 is 0 Å². The maximum atomic E-state index is 6.18. The van der Waals surface area contributed by atoms with E-state index in [1.807, 2.05) is 0 Å². The molecule has 0 bridgehead atoms. The van der Waals surface area contributed by atoms with E-state index < -0.39 is 0 Å². The highest BCUT2D eigenvalue weighted by Gasteiger charge is 2.45. The van der Waals surface area contributed by atoms with Crippen molar-refractivity contribution in [3.8, 4) is 0 Å². The Morgan fingerprint density at radius 2 is 2.00 bits per heavy atom. The molecule has 2 N–H and O–H groups in total. The van der Waals surface area contributed by atoms with Crippen LogP contribution < -0.4 is 5.73 Å². The summed E-state index contributed by atoms with van der Waals surface area (Å²) in [5.41, 5.74) is 6.41. The number of ether oxygens (including phenoxy) is 1. The van der Waals surface area contributed by atoms with Crippen LogP contribution in [0.15, 0.2) is 0 Å². The van der Waals surface area contributed by atoms with E-state index in [4.69, 9.17) is 10.5 Å². The van der Waals surface area contributed by atoms with Crippen LogP contribution in [0.5, 0.6) is 0 Å². The van der Waals surface area contributed by atoms with Crippen molar-refractivity contribution in [2.75, 3.05) is 26.2 Å². The number of rotatable bonds is 3. The quantitative estimate of drug-likeness (QED) is 0.840. The van der Waals surface area contributed by atoms with E-state index in [0.717, 1.165) is 38.3 Å². The second-order valence-corrected chi connectivity index (χ2v) is 6.68. The molecule has 0 aliphatic carbocycles. The number of nitrogens with two attached hydrogens (primary N) is 1. The molecule has 106 valence electrons. The molecule has 0 aromatic carbocycles. The van der Waals surface area contributed by atoms with E-state index in [0.29, 0.717) is 0 Å². The summed E-state index contributed by atoms with van der Waals surface area (Å²) in [5, 5.41) is 0. The van der Waals surface area contributed by atoms with E-state index in [1.54, 1.807) is 0 Å². The summed E-state index contributed by atoms with van der Waals surface area (Å²) < 4.78 is 6.00. The van der Waals surface area contributed by atoms with Crippen LogP contribution in [0.25, 0.3) is 0 Å². The molecule has 0 spiro atoms. The molecule has 2 fully saturated rings. The van der Waals surface area contributed by atoms with Gasteiger partial charge in [-0.05, 0) is 58.0 Å². The topological polar surface area (TPSA) is 38.5 Å². The van der Waals surface area contributed by atoms with E-state index in [-0.39, 0.29) is 11.1 Å². The monoisotopic (exact) mass is 254 g/mol. The molecule has 0 radical (unpaired) electrons. The zero-order valence-corrected chi connectivity index (χ0v) is 12.4. The highest BCUT2D eigenvalue weighted by Crippen LogP contribution is 2.39. The molecule has 18 heavy (non-hydrogen) atoms. The Labute approximate surface area is 112 Å². The normalized spacial score (nSPS) is 40.0. The Morgan fingerprint density at radius 3 is 2.56 bits per heavy atom. The standard InChI is InChI=1S/C15H30N2O/c1-4-14(3)11-15(12-16,7-10-18-14)17-8-5-13(2)6-9-17/h13H,4-12,16H2,1-3H3. The SMILES string of the molecule is CCC1(C)CC(CN)(N2CCC(C)CC2)CCO1. The molecule has 2 rings (SSSR count). The van der Waals surface area contributed by atoms with Crippen LogP contribution in [0.1, 0.15) is 52.9 Å². The Bertz CT molecular complexity index is 276. The van der Waals surface area contributed by atoms with Gasteiger partial charge in [-0.15, -0.1) is 0 Å². The first-order chi connectivity index (χ1) is 8.53. The average molecular weight is 254 g/mol. The molecule has 3 heteroatoms. The van der Waals surface area contributed by atoms with Gasteiger partial charge in [0.15, 0.2) is 0 Å². The van der Waals surface area contributed by atoms with Gasteiger partial charge >= 0.3 is 0 Å². The van der Waals surface area contributed by atoms with Crippen molar-refractivity contribution in [3.63, 3.8) is 0 Å². The second kappa shape index (κ2) is 5.48. The van der Waals surface area contributed by atoms with Crippen molar-refractivity contribution < 1.29 is 4.74 Å². The van der Waals surface area contributed by atoms with Gasteiger partial charge in [0.1, 0.15) is 0 Å². The highest BCUT2D eigenvalue weighted by molar-refractivity contribution is 5.01. The van der Waals surface area contributed by atoms with Gasteiger partial charge in [-0.1, -0.05) is 13.8 Å². The predicted molar refractivity (Wildman–Crippen MR) is 75.6 cm³/mol. The van der Waals surface area contributed by atoms with Gasteiger partial charge in [-0.2, -0.15) is 0 Å². The molecule has 2 atom stereocenters. The molecular formula is C15H30N2O. The third-order valence-electron chi connectivity index (χ3n) is 5.30. The average Bonchev–Trinajstić information content (AvgIpc) is 2.39. The number of likely N-dealkylation sites (tertiary alicyclic amines) is 1. The third kappa shape index (κ3) is 2.73. The summed E-state index contributed by atoms with van der Waals surface area (Å²) in [6.07, 6.45) is 5.94. The lowest BCUT2D eigenvalue weighted by atomic mass is 9.76. The van der Waals surface area contributed by atoms with Crippen LogP contribution in [-0.2, 0) is 4.74 Å². The first-order valence-corrected chi connectivity index (χ1v) is 7.63. The number of piperidine rings is 1. The van der Waals surface area contributed by atoms with Crippen molar-refractivity contribution in [1.29, 1.82) is 0 Å². The molecule has 2 heterocycles. The van der Waals surface area contributed by atoms with Crippen molar-refractivity contribution >= 4 is 0 Å². The molecule has 2 unspecified atom stereocenters. The van der Waals surface area contributed by atoms with Gasteiger partial charge in [0.2, 0.25) is 0 Å². The summed E-state index contributed by atoms with van der Waals surface area (Å²) in [6.45, 7) is 10.9. The molecule has 0 amide bonds. The fourth-order valence-electron chi connectivity index (χ4n) is 3.61. The number of hydrogen-bond acceptors (Lipinski definition) is 3. The van der Waals surface area contributed by atoms with Crippen LogP contribution in [-0.4, -0.2) is 42.3 Å². The first kappa shape index (κ1) is 14.3. The van der Waals surface area contributed by atoms with E-state index in [2.05, 4.69) is 25.7 Å². The molecule has 2 saturated heterocycles. The maximum absolute atomic E-state index is 6.18. The van der Waals surface area contributed by atoms with Gasteiger partial charge in [0.25, 0.3) is 0 Å². The summed E-state index contributed by atoms with van der Waals surface area (Å²) in [5.74, 6) is 0.883. The fraction of sp³-hybridized carbons (Fsp3) is 1.00. The molecule has 0 aromatic heterocycles. The highest BCUT2D eigenvalue weighted by atomic mass is 16.5. The minimum Gasteiger partial charge on any atom is -0.375 e. The van der Waals surface area contributed by atoms with Gasteiger partial charge < -0.3 is 10.5 Å². The Kier molecular flexibility index (Phi) is 4.35. The van der Waals surface area contributed by atoms with Gasteiger partial charge in [-0.25, -0.2) is 0 Å². The molecule has 2 aliphatic heterocycles. The summed E-state index contributed by atoms with van der Waals surface area (Å²) in [4.78, 5) is 2.67. The maximum Gasteiger partial charge on any atom is 0.0670 e. The lowest BCUT2D eigenvalue weighted by molar-refractivity contribution is -0.133. The minimum atomic E-state index is 0.0285. The Morgan fingerprint density at radius 1 is 1.33 bits per heavy atom. The fourth-order valence-corrected chi connectivity index (χ4v) is 3.61. The van der Waals surface area contributed by atoms with Crippen molar-refractivity contribution in [1.82, 2.24) is 4.90 Å². The van der Waals surface area contributed by atoms with E-state index in [1.165, 1.54) is 25.9 Å². The Hall–Kier alpha value is -0.120. The van der Waals surface area contributed by atoms with Gasteiger partial charge in [0.05, 0.1) is 5.60 Å². The smallest absolute Gasteiger partial charge is 0.0670 e. The Balaban J connectivity index is 2.09. The van der Waals surface area contributed by atoms with E-state index >= 15 is 0 Å². The number of nitrogens with zero attached hydrogens (tertiary/aromatic N) is 1. The third-order valence-corrected chi connectivity index (χ3v) is 5.30. The van der Waals surface area contributed by atoms with Crippen molar-refractivity contribution in [2.24, 2.45) is 11.7 Å². The first-order valence-electron chi connectivity index (χ1n) is 7.63. The van der Waals surface area contributed by atoms with Crippen molar-refractivity contribution in [3.05, 3.63) is 0 Å². The lowest BCUT2D eigenvalue weighted by Crippen LogP contribution is -2.62. The van der Waals surface area contributed by atoms with Gasteiger partial charge in [0, 0.05) is 18.7 Å². The van der Waals surface area contributed by atoms with Crippen LogP contribution in [0.4, 0.5) is 0 Å². The van der Waals surface area contributed by atoms with Crippen LogP contribution in [0.2, 0.25) is 0 Å². The zero-order valence-electron chi connectivity index (χ0n) is 12.4. The molecular weight excluding hydrogens is 224 g/mol. The molecule has 0 aromatic rings.